The van der Waals surface area contributed by atoms with Crippen molar-refractivity contribution in [1.29, 1.82) is 0 Å². The van der Waals surface area contributed by atoms with E-state index in [1.165, 1.54) is 11.3 Å². The van der Waals surface area contributed by atoms with Crippen molar-refractivity contribution in [1.82, 2.24) is 9.88 Å². The number of amides is 1. The molecule has 134 valence electrons. The van der Waals surface area contributed by atoms with Gasteiger partial charge in [0, 0.05) is 19.2 Å². The van der Waals surface area contributed by atoms with Crippen LogP contribution in [0.25, 0.3) is 10.6 Å². The van der Waals surface area contributed by atoms with Gasteiger partial charge in [-0.05, 0) is 31.5 Å². The molecule has 0 aliphatic carbocycles. The third-order valence-corrected chi connectivity index (χ3v) is 5.21. The first-order chi connectivity index (χ1) is 12.6. The molecule has 0 saturated carbocycles. The van der Waals surface area contributed by atoms with Crippen LogP contribution in [0.15, 0.2) is 54.6 Å². The molecule has 0 unspecified atom stereocenters. The standard InChI is InChI=1S/C21H22N2O2S/c1-4-25-18-12-10-16(11-13-18)14-23(3)21(24)19-15(2)22-20(26-19)17-8-6-5-7-9-17/h5-13H,4,14H2,1-3H3. The summed E-state index contributed by atoms with van der Waals surface area (Å²) >= 11 is 1.45. The summed E-state index contributed by atoms with van der Waals surface area (Å²) in [6.45, 7) is 5.04. The highest BCUT2D eigenvalue weighted by molar-refractivity contribution is 7.17. The molecule has 4 nitrogen and oxygen atoms in total. The van der Waals surface area contributed by atoms with Gasteiger partial charge in [0.1, 0.15) is 15.6 Å². The van der Waals surface area contributed by atoms with Gasteiger partial charge >= 0.3 is 0 Å². The molecule has 2 aromatic carbocycles. The lowest BCUT2D eigenvalue weighted by atomic mass is 10.2. The number of ether oxygens (including phenoxy) is 1. The Morgan fingerprint density at radius 1 is 1.12 bits per heavy atom. The third-order valence-electron chi connectivity index (χ3n) is 4.01. The van der Waals surface area contributed by atoms with Crippen LogP contribution in [0, 0.1) is 6.92 Å². The number of benzene rings is 2. The largest absolute Gasteiger partial charge is 0.494 e. The van der Waals surface area contributed by atoms with Crippen molar-refractivity contribution in [2.24, 2.45) is 0 Å². The maximum Gasteiger partial charge on any atom is 0.265 e. The summed E-state index contributed by atoms with van der Waals surface area (Å²) in [6.07, 6.45) is 0. The van der Waals surface area contributed by atoms with Crippen molar-refractivity contribution in [3.05, 3.63) is 70.7 Å². The minimum atomic E-state index is -0.00364. The van der Waals surface area contributed by atoms with Gasteiger partial charge in [-0.25, -0.2) is 4.98 Å². The smallest absolute Gasteiger partial charge is 0.265 e. The maximum atomic E-state index is 12.9. The van der Waals surface area contributed by atoms with Crippen LogP contribution < -0.4 is 4.74 Å². The number of carbonyl (C=O) groups excluding carboxylic acids is 1. The fraction of sp³-hybridized carbons (Fsp3) is 0.238. The molecule has 5 heteroatoms. The summed E-state index contributed by atoms with van der Waals surface area (Å²) in [5, 5.41) is 0.876. The Labute approximate surface area is 158 Å². The van der Waals surface area contributed by atoms with Crippen LogP contribution >= 0.6 is 11.3 Å². The van der Waals surface area contributed by atoms with E-state index in [2.05, 4.69) is 4.98 Å². The molecule has 0 spiro atoms. The highest BCUT2D eigenvalue weighted by atomic mass is 32.1. The Balaban J connectivity index is 1.73. The first-order valence-corrected chi connectivity index (χ1v) is 9.40. The second kappa shape index (κ2) is 8.15. The lowest BCUT2D eigenvalue weighted by Gasteiger charge is -2.17. The van der Waals surface area contributed by atoms with Crippen LogP contribution in [-0.2, 0) is 6.54 Å². The molecule has 0 aliphatic heterocycles. The first-order valence-electron chi connectivity index (χ1n) is 8.58. The van der Waals surface area contributed by atoms with Crippen molar-refractivity contribution in [2.45, 2.75) is 20.4 Å². The lowest BCUT2D eigenvalue weighted by Crippen LogP contribution is -2.26. The minimum Gasteiger partial charge on any atom is -0.494 e. The highest BCUT2D eigenvalue weighted by Gasteiger charge is 2.19. The molecule has 1 aromatic heterocycles. The van der Waals surface area contributed by atoms with Crippen LogP contribution in [0.4, 0.5) is 0 Å². The molecule has 0 atom stereocenters. The summed E-state index contributed by atoms with van der Waals surface area (Å²) in [5.74, 6) is 0.840. The van der Waals surface area contributed by atoms with Crippen LogP contribution in [0.1, 0.15) is 27.9 Å². The number of hydrogen-bond acceptors (Lipinski definition) is 4. The Morgan fingerprint density at radius 2 is 1.81 bits per heavy atom. The van der Waals surface area contributed by atoms with Gasteiger partial charge in [0.05, 0.1) is 12.3 Å². The van der Waals surface area contributed by atoms with Crippen LogP contribution in [0.5, 0.6) is 5.75 Å². The molecule has 26 heavy (non-hydrogen) atoms. The Morgan fingerprint density at radius 3 is 2.46 bits per heavy atom. The van der Waals surface area contributed by atoms with Gasteiger partial charge in [0.25, 0.3) is 5.91 Å². The van der Waals surface area contributed by atoms with Gasteiger partial charge in [-0.3, -0.25) is 4.79 Å². The topological polar surface area (TPSA) is 42.4 Å². The molecule has 0 N–H and O–H groups in total. The van der Waals surface area contributed by atoms with Crippen molar-refractivity contribution >= 4 is 17.2 Å². The molecular formula is C21H22N2O2S. The second-order valence-corrected chi connectivity index (χ2v) is 7.04. The number of aryl methyl sites for hydroxylation is 1. The molecule has 3 aromatic rings. The third kappa shape index (κ3) is 4.11. The van der Waals surface area contributed by atoms with Gasteiger partial charge in [-0.15, -0.1) is 11.3 Å². The number of carbonyl (C=O) groups is 1. The molecule has 0 bridgehead atoms. The van der Waals surface area contributed by atoms with Crippen molar-refractivity contribution in [2.75, 3.05) is 13.7 Å². The normalized spacial score (nSPS) is 10.6. The summed E-state index contributed by atoms with van der Waals surface area (Å²) in [7, 11) is 1.82. The van der Waals surface area contributed by atoms with Crippen molar-refractivity contribution < 1.29 is 9.53 Å². The van der Waals surface area contributed by atoms with E-state index in [1.807, 2.05) is 75.5 Å². The average Bonchev–Trinajstić information content (AvgIpc) is 3.05. The van der Waals surface area contributed by atoms with E-state index in [-0.39, 0.29) is 5.91 Å². The molecule has 0 saturated heterocycles. The molecular weight excluding hydrogens is 344 g/mol. The van der Waals surface area contributed by atoms with E-state index in [0.717, 1.165) is 27.6 Å². The lowest BCUT2D eigenvalue weighted by molar-refractivity contribution is 0.0789. The summed E-state index contributed by atoms with van der Waals surface area (Å²) in [4.78, 5) is 19.9. The van der Waals surface area contributed by atoms with Gasteiger partial charge in [-0.1, -0.05) is 42.5 Å². The minimum absolute atomic E-state index is 0.00364. The first kappa shape index (κ1) is 18.1. The zero-order chi connectivity index (χ0) is 18.5. The summed E-state index contributed by atoms with van der Waals surface area (Å²) in [6, 6.07) is 17.8. The second-order valence-electron chi connectivity index (χ2n) is 6.04. The Kier molecular flexibility index (Phi) is 5.68. The van der Waals surface area contributed by atoms with Crippen molar-refractivity contribution in [3.8, 4) is 16.3 Å². The molecule has 0 fully saturated rings. The van der Waals surface area contributed by atoms with E-state index in [9.17, 15) is 4.79 Å². The van der Waals surface area contributed by atoms with E-state index in [1.54, 1.807) is 4.90 Å². The predicted molar refractivity (Wildman–Crippen MR) is 106 cm³/mol. The predicted octanol–water partition coefficient (Wildman–Crippen LogP) is 4.79. The number of aromatic nitrogens is 1. The van der Waals surface area contributed by atoms with Crippen LogP contribution in [0.3, 0.4) is 0 Å². The van der Waals surface area contributed by atoms with E-state index in [0.29, 0.717) is 18.0 Å². The van der Waals surface area contributed by atoms with Crippen LogP contribution in [0.2, 0.25) is 0 Å². The summed E-state index contributed by atoms with van der Waals surface area (Å²) in [5.41, 5.74) is 2.88. The van der Waals surface area contributed by atoms with E-state index >= 15 is 0 Å². The van der Waals surface area contributed by atoms with Gasteiger partial charge in [-0.2, -0.15) is 0 Å². The van der Waals surface area contributed by atoms with E-state index in [4.69, 9.17) is 4.74 Å². The number of rotatable bonds is 6. The molecule has 1 amide bonds. The number of hydrogen-bond donors (Lipinski definition) is 0. The average molecular weight is 366 g/mol. The van der Waals surface area contributed by atoms with E-state index < -0.39 is 0 Å². The molecule has 1 heterocycles. The number of nitrogens with zero attached hydrogens (tertiary/aromatic N) is 2. The zero-order valence-corrected chi connectivity index (χ0v) is 16.0. The molecule has 0 aliphatic rings. The molecule has 3 rings (SSSR count). The fourth-order valence-electron chi connectivity index (χ4n) is 2.68. The number of thiazole rings is 1. The van der Waals surface area contributed by atoms with Gasteiger partial charge in [0.15, 0.2) is 0 Å². The quantitative estimate of drug-likeness (QED) is 0.630. The zero-order valence-electron chi connectivity index (χ0n) is 15.2. The Bertz CT molecular complexity index is 873. The van der Waals surface area contributed by atoms with Gasteiger partial charge in [0.2, 0.25) is 0 Å². The van der Waals surface area contributed by atoms with Gasteiger partial charge < -0.3 is 9.64 Å². The highest BCUT2D eigenvalue weighted by Crippen LogP contribution is 2.28. The molecule has 0 radical (unpaired) electrons. The van der Waals surface area contributed by atoms with Crippen molar-refractivity contribution in [3.63, 3.8) is 0 Å². The Hall–Kier alpha value is -2.66. The van der Waals surface area contributed by atoms with Crippen LogP contribution in [-0.4, -0.2) is 29.4 Å². The summed E-state index contributed by atoms with van der Waals surface area (Å²) < 4.78 is 5.46. The maximum absolute atomic E-state index is 12.9. The fourth-order valence-corrected chi connectivity index (χ4v) is 3.74. The monoisotopic (exact) mass is 366 g/mol. The SMILES string of the molecule is CCOc1ccc(CN(C)C(=O)c2sc(-c3ccccc3)nc2C)cc1.